The quantitative estimate of drug-likeness (QED) is 0.565. The zero-order chi connectivity index (χ0) is 9.78. The molecule has 0 aromatic heterocycles. The van der Waals surface area contributed by atoms with Gasteiger partial charge in [0.15, 0.2) is 0 Å². The normalized spacial score (nSPS) is 28.8. The van der Waals surface area contributed by atoms with Crippen molar-refractivity contribution in [1.82, 2.24) is 0 Å². The van der Waals surface area contributed by atoms with Crippen molar-refractivity contribution in [3.63, 3.8) is 0 Å². The lowest BCUT2D eigenvalue weighted by atomic mass is 10.2. The summed E-state index contributed by atoms with van der Waals surface area (Å²) in [5.74, 6) is -12.0. The SMILES string of the molecule is FC1(F)CC1C(F)(F)C(F)(F)F. The van der Waals surface area contributed by atoms with Crippen LogP contribution in [0.4, 0.5) is 30.7 Å². The second kappa shape index (κ2) is 2.05. The zero-order valence-electron chi connectivity index (χ0n) is 5.43. The molecule has 0 heterocycles. The molecule has 0 nitrogen and oxygen atoms in total. The minimum atomic E-state index is -5.88. The summed E-state index contributed by atoms with van der Waals surface area (Å²) < 4.78 is 81.8. The Balaban J connectivity index is 2.76. The summed E-state index contributed by atoms with van der Waals surface area (Å²) in [5, 5.41) is 0. The van der Waals surface area contributed by atoms with E-state index in [0.717, 1.165) is 0 Å². The van der Waals surface area contributed by atoms with Crippen molar-refractivity contribution in [2.24, 2.45) is 5.92 Å². The van der Waals surface area contributed by atoms with E-state index < -0.39 is 30.4 Å². The van der Waals surface area contributed by atoms with E-state index in [1.807, 2.05) is 0 Å². The third-order valence-corrected chi connectivity index (χ3v) is 1.64. The van der Waals surface area contributed by atoms with Crippen molar-refractivity contribution >= 4 is 0 Å². The van der Waals surface area contributed by atoms with Crippen LogP contribution in [0.5, 0.6) is 0 Å². The summed E-state index contributed by atoms with van der Waals surface area (Å²) in [6, 6.07) is 0. The fourth-order valence-electron chi connectivity index (χ4n) is 0.804. The van der Waals surface area contributed by atoms with E-state index in [1.54, 1.807) is 0 Å². The van der Waals surface area contributed by atoms with E-state index in [9.17, 15) is 30.7 Å². The summed E-state index contributed by atoms with van der Waals surface area (Å²) in [6.07, 6.45) is -7.27. The number of halogens is 7. The van der Waals surface area contributed by atoms with Gasteiger partial charge in [-0.3, -0.25) is 0 Å². The van der Waals surface area contributed by atoms with Gasteiger partial charge in [-0.25, -0.2) is 8.78 Å². The molecule has 0 amide bonds. The first-order valence-corrected chi connectivity index (χ1v) is 2.91. The van der Waals surface area contributed by atoms with Crippen molar-refractivity contribution in [3.8, 4) is 0 Å². The van der Waals surface area contributed by atoms with Gasteiger partial charge in [0.25, 0.3) is 5.92 Å². The highest BCUT2D eigenvalue weighted by atomic mass is 19.4. The molecular formula is C5H3F7. The van der Waals surface area contributed by atoms with Gasteiger partial charge in [-0.05, 0) is 0 Å². The van der Waals surface area contributed by atoms with Crippen LogP contribution >= 0.6 is 0 Å². The number of hydrogen-bond acceptors (Lipinski definition) is 0. The van der Waals surface area contributed by atoms with E-state index in [1.165, 1.54) is 0 Å². The van der Waals surface area contributed by atoms with Gasteiger partial charge in [-0.2, -0.15) is 22.0 Å². The third kappa shape index (κ3) is 1.25. The molecule has 0 saturated heterocycles. The molecule has 0 N–H and O–H groups in total. The Hall–Kier alpha value is -0.490. The van der Waals surface area contributed by atoms with Crippen LogP contribution in [0.15, 0.2) is 0 Å². The van der Waals surface area contributed by atoms with Gasteiger partial charge in [0.1, 0.15) is 5.92 Å². The van der Waals surface area contributed by atoms with Crippen molar-refractivity contribution in [2.75, 3.05) is 0 Å². The van der Waals surface area contributed by atoms with Gasteiger partial charge in [0.2, 0.25) is 0 Å². The summed E-state index contributed by atoms with van der Waals surface area (Å²) in [4.78, 5) is 0. The summed E-state index contributed by atoms with van der Waals surface area (Å²) in [7, 11) is 0. The monoisotopic (exact) mass is 196 g/mol. The topological polar surface area (TPSA) is 0 Å². The Kier molecular flexibility index (Phi) is 1.64. The molecule has 1 aliphatic rings. The summed E-state index contributed by atoms with van der Waals surface area (Å²) in [5.41, 5.74) is 0. The first-order valence-electron chi connectivity index (χ1n) is 2.91. The van der Waals surface area contributed by atoms with Crippen LogP contribution in [0.25, 0.3) is 0 Å². The lowest BCUT2D eigenvalue weighted by Gasteiger charge is -2.18. The van der Waals surface area contributed by atoms with Gasteiger partial charge < -0.3 is 0 Å². The van der Waals surface area contributed by atoms with Crippen LogP contribution in [0.1, 0.15) is 6.42 Å². The fourth-order valence-corrected chi connectivity index (χ4v) is 0.804. The van der Waals surface area contributed by atoms with Gasteiger partial charge in [-0.1, -0.05) is 0 Å². The van der Waals surface area contributed by atoms with Crippen LogP contribution in [0.3, 0.4) is 0 Å². The van der Waals surface area contributed by atoms with Crippen LogP contribution < -0.4 is 0 Å². The molecule has 72 valence electrons. The second-order valence-corrected chi connectivity index (χ2v) is 2.64. The highest BCUT2D eigenvalue weighted by molar-refractivity contribution is 5.05. The number of rotatable bonds is 1. The Morgan fingerprint density at radius 3 is 1.42 bits per heavy atom. The fraction of sp³-hybridized carbons (Fsp3) is 1.00. The molecule has 1 atom stereocenters. The van der Waals surface area contributed by atoms with E-state index >= 15 is 0 Å². The van der Waals surface area contributed by atoms with Gasteiger partial charge in [0.05, 0.1) is 0 Å². The average molecular weight is 196 g/mol. The molecule has 1 unspecified atom stereocenters. The molecule has 0 spiro atoms. The van der Waals surface area contributed by atoms with E-state index in [0.29, 0.717) is 0 Å². The maximum atomic E-state index is 12.0. The second-order valence-electron chi connectivity index (χ2n) is 2.64. The lowest BCUT2D eigenvalue weighted by Crippen LogP contribution is -2.40. The van der Waals surface area contributed by atoms with Crippen LogP contribution in [0.2, 0.25) is 0 Å². The van der Waals surface area contributed by atoms with Crippen LogP contribution in [0, 0.1) is 5.92 Å². The smallest absolute Gasteiger partial charge is 0.206 e. The molecule has 1 fully saturated rings. The zero-order valence-corrected chi connectivity index (χ0v) is 5.43. The van der Waals surface area contributed by atoms with Crippen LogP contribution in [-0.4, -0.2) is 18.0 Å². The summed E-state index contributed by atoms with van der Waals surface area (Å²) >= 11 is 0. The van der Waals surface area contributed by atoms with E-state index in [-0.39, 0.29) is 0 Å². The molecule has 0 aliphatic heterocycles. The predicted molar refractivity (Wildman–Crippen MR) is 24.1 cm³/mol. The molecular weight excluding hydrogens is 193 g/mol. The molecule has 0 aromatic carbocycles. The largest absolute Gasteiger partial charge is 0.453 e. The van der Waals surface area contributed by atoms with Crippen LogP contribution in [-0.2, 0) is 0 Å². The molecule has 1 saturated carbocycles. The lowest BCUT2D eigenvalue weighted by molar-refractivity contribution is -0.297. The highest BCUT2D eigenvalue weighted by Gasteiger charge is 2.77. The Morgan fingerprint density at radius 1 is 1.00 bits per heavy atom. The molecule has 0 radical (unpaired) electrons. The maximum Gasteiger partial charge on any atom is 0.453 e. The first kappa shape index (κ1) is 9.60. The standard InChI is InChI=1S/C5H3F7/c6-3(7)1-2(3)4(8,9)5(10,11)12/h2H,1H2. The van der Waals surface area contributed by atoms with Crippen molar-refractivity contribution in [2.45, 2.75) is 24.4 Å². The minimum absolute atomic E-state index is 1.39. The molecule has 1 rings (SSSR count). The van der Waals surface area contributed by atoms with Crippen molar-refractivity contribution < 1.29 is 30.7 Å². The van der Waals surface area contributed by atoms with Gasteiger partial charge in [-0.15, -0.1) is 0 Å². The maximum absolute atomic E-state index is 12.0. The van der Waals surface area contributed by atoms with Gasteiger partial charge in [0, 0.05) is 6.42 Å². The van der Waals surface area contributed by atoms with Gasteiger partial charge >= 0.3 is 12.1 Å². The number of hydrogen-bond donors (Lipinski definition) is 0. The van der Waals surface area contributed by atoms with Crippen molar-refractivity contribution in [3.05, 3.63) is 0 Å². The predicted octanol–water partition coefficient (Wildman–Crippen LogP) is 2.84. The van der Waals surface area contributed by atoms with E-state index in [4.69, 9.17) is 0 Å². The van der Waals surface area contributed by atoms with Crippen molar-refractivity contribution in [1.29, 1.82) is 0 Å². The molecule has 0 bridgehead atoms. The first-order chi connectivity index (χ1) is 5.09. The average Bonchev–Trinajstić information content (AvgIpc) is 2.37. The molecule has 7 heteroatoms. The molecule has 12 heavy (non-hydrogen) atoms. The Labute approximate surface area is 62.4 Å². The van der Waals surface area contributed by atoms with E-state index in [2.05, 4.69) is 0 Å². The number of alkyl halides is 7. The molecule has 1 aliphatic carbocycles. The Morgan fingerprint density at radius 2 is 1.33 bits per heavy atom. The molecule has 0 aromatic rings. The third-order valence-electron chi connectivity index (χ3n) is 1.64. The summed E-state index contributed by atoms with van der Waals surface area (Å²) in [6.45, 7) is 0. The minimum Gasteiger partial charge on any atom is -0.206 e. The Bertz CT molecular complexity index is 190. The highest BCUT2D eigenvalue weighted by Crippen LogP contribution is 2.60.